The van der Waals surface area contributed by atoms with Gasteiger partial charge in [-0.3, -0.25) is 9.59 Å². The summed E-state index contributed by atoms with van der Waals surface area (Å²) >= 11 is 0. The van der Waals surface area contributed by atoms with Gasteiger partial charge in [-0.1, -0.05) is 18.2 Å². The number of carbonyl (C=O) groups is 1. The Bertz CT molecular complexity index is 689. The number of H-pyrrole nitrogens is 1. The van der Waals surface area contributed by atoms with E-state index in [0.717, 1.165) is 5.39 Å². The Labute approximate surface area is 115 Å². The van der Waals surface area contributed by atoms with E-state index in [1.54, 1.807) is 17.0 Å². The molecule has 104 valence electrons. The molecule has 20 heavy (non-hydrogen) atoms. The lowest BCUT2D eigenvalue weighted by molar-refractivity contribution is -0.134. The number of nitrogens with zero attached hydrogens (tertiary/aromatic N) is 2. The number of ether oxygens (including phenoxy) is 1. The zero-order valence-electron chi connectivity index (χ0n) is 11.0. The van der Waals surface area contributed by atoms with E-state index in [1.807, 2.05) is 12.1 Å². The Morgan fingerprint density at radius 1 is 1.25 bits per heavy atom. The van der Waals surface area contributed by atoms with Gasteiger partial charge >= 0.3 is 0 Å². The van der Waals surface area contributed by atoms with E-state index in [9.17, 15) is 9.59 Å². The Morgan fingerprint density at radius 2 is 1.95 bits per heavy atom. The highest BCUT2D eigenvalue weighted by molar-refractivity contribution is 5.88. The summed E-state index contributed by atoms with van der Waals surface area (Å²) in [6, 6.07) is 7.19. The molecule has 0 unspecified atom stereocenters. The molecular formula is C14H15N3O3. The SMILES string of the molecule is O=C(Cc1n[nH]c(=O)c2ccccc12)N1CCOCC1. The molecule has 6 heteroatoms. The summed E-state index contributed by atoms with van der Waals surface area (Å²) in [6.07, 6.45) is 0.192. The largest absolute Gasteiger partial charge is 0.378 e. The van der Waals surface area contributed by atoms with Crippen LogP contribution in [-0.4, -0.2) is 47.3 Å². The molecule has 1 aromatic carbocycles. The summed E-state index contributed by atoms with van der Waals surface area (Å²) in [6.45, 7) is 2.37. The van der Waals surface area contributed by atoms with E-state index in [1.165, 1.54) is 0 Å². The van der Waals surface area contributed by atoms with Gasteiger partial charge in [-0.05, 0) is 6.07 Å². The first-order valence-electron chi connectivity index (χ1n) is 6.57. The van der Waals surface area contributed by atoms with Gasteiger partial charge in [0.05, 0.1) is 30.7 Å². The number of nitrogens with one attached hydrogen (secondary N) is 1. The quantitative estimate of drug-likeness (QED) is 0.855. The van der Waals surface area contributed by atoms with Crippen molar-refractivity contribution in [2.45, 2.75) is 6.42 Å². The zero-order chi connectivity index (χ0) is 13.9. The summed E-state index contributed by atoms with van der Waals surface area (Å²) in [7, 11) is 0. The van der Waals surface area contributed by atoms with Gasteiger partial charge in [0.1, 0.15) is 0 Å². The van der Waals surface area contributed by atoms with Crippen molar-refractivity contribution in [1.29, 1.82) is 0 Å². The molecular weight excluding hydrogens is 258 g/mol. The summed E-state index contributed by atoms with van der Waals surface area (Å²) < 4.78 is 5.23. The van der Waals surface area contributed by atoms with Gasteiger partial charge in [-0.2, -0.15) is 5.10 Å². The molecule has 1 amide bonds. The van der Waals surface area contributed by atoms with Crippen LogP contribution in [0.15, 0.2) is 29.1 Å². The van der Waals surface area contributed by atoms with Crippen LogP contribution < -0.4 is 5.56 Å². The first-order chi connectivity index (χ1) is 9.75. The third-order valence-electron chi connectivity index (χ3n) is 3.46. The Kier molecular flexibility index (Phi) is 3.47. The number of benzene rings is 1. The standard InChI is InChI=1S/C14H15N3O3/c18-13(17-5-7-20-8-6-17)9-12-10-3-1-2-4-11(10)14(19)16-15-12/h1-4H,5-9H2,(H,16,19). The van der Waals surface area contributed by atoms with Crippen LogP contribution >= 0.6 is 0 Å². The smallest absolute Gasteiger partial charge is 0.272 e. The van der Waals surface area contributed by atoms with Crippen LogP contribution in [0.1, 0.15) is 5.69 Å². The number of aromatic nitrogens is 2. The van der Waals surface area contributed by atoms with Crippen LogP contribution in [-0.2, 0) is 16.0 Å². The van der Waals surface area contributed by atoms with Gasteiger partial charge in [0, 0.05) is 18.5 Å². The number of fused-ring (bicyclic) bond motifs is 1. The molecule has 1 aliphatic rings. The second-order valence-corrected chi connectivity index (χ2v) is 4.71. The molecule has 0 radical (unpaired) electrons. The van der Waals surface area contributed by atoms with Crippen LogP contribution in [0.4, 0.5) is 0 Å². The molecule has 1 aliphatic heterocycles. The van der Waals surface area contributed by atoms with Gasteiger partial charge < -0.3 is 9.64 Å². The minimum absolute atomic E-state index is 0.0120. The van der Waals surface area contributed by atoms with Crippen molar-refractivity contribution in [2.75, 3.05) is 26.3 Å². The minimum atomic E-state index is -0.233. The van der Waals surface area contributed by atoms with Gasteiger partial charge in [0.15, 0.2) is 0 Å². The molecule has 1 fully saturated rings. The maximum absolute atomic E-state index is 12.2. The lowest BCUT2D eigenvalue weighted by atomic mass is 10.1. The second kappa shape index (κ2) is 5.42. The van der Waals surface area contributed by atoms with Gasteiger partial charge in [0.25, 0.3) is 5.56 Å². The maximum Gasteiger partial charge on any atom is 0.272 e. The zero-order valence-corrected chi connectivity index (χ0v) is 11.0. The molecule has 2 heterocycles. The Balaban J connectivity index is 1.89. The van der Waals surface area contributed by atoms with Gasteiger partial charge in [-0.15, -0.1) is 0 Å². The van der Waals surface area contributed by atoms with Crippen LogP contribution in [0.25, 0.3) is 10.8 Å². The molecule has 1 N–H and O–H groups in total. The fraction of sp³-hybridized carbons (Fsp3) is 0.357. The third-order valence-corrected chi connectivity index (χ3v) is 3.46. The van der Waals surface area contributed by atoms with Crippen molar-refractivity contribution < 1.29 is 9.53 Å². The van der Waals surface area contributed by atoms with Crippen LogP contribution in [0, 0.1) is 0 Å². The average Bonchev–Trinajstić information content (AvgIpc) is 2.51. The summed E-state index contributed by atoms with van der Waals surface area (Å²) in [5, 5.41) is 7.77. The summed E-state index contributed by atoms with van der Waals surface area (Å²) in [5.41, 5.74) is 0.375. The molecule has 0 atom stereocenters. The van der Waals surface area contributed by atoms with Gasteiger partial charge in [0.2, 0.25) is 5.91 Å². The van der Waals surface area contributed by atoms with E-state index in [-0.39, 0.29) is 17.9 Å². The molecule has 6 nitrogen and oxygen atoms in total. The molecule has 1 saturated heterocycles. The minimum Gasteiger partial charge on any atom is -0.378 e. The van der Waals surface area contributed by atoms with Crippen LogP contribution in [0.5, 0.6) is 0 Å². The summed E-state index contributed by atoms with van der Waals surface area (Å²) in [5.74, 6) is 0.0120. The number of amides is 1. The molecule has 0 bridgehead atoms. The highest BCUT2D eigenvalue weighted by atomic mass is 16.5. The first kappa shape index (κ1) is 12.8. The monoisotopic (exact) mass is 273 g/mol. The highest BCUT2D eigenvalue weighted by Crippen LogP contribution is 2.14. The Hall–Kier alpha value is -2.21. The number of morpholine rings is 1. The number of aromatic amines is 1. The second-order valence-electron chi connectivity index (χ2n) is 4.71. The number of hydrogen-bond donors (Lipinski definition) is 1. The number of rotatable bonds is 2. The molecule has 1 aromatic heterocycles. The Morgan fingerprint density at radius 3 is 2.70 bits per heavy atom. The normalized spacial score (nSPS) is 15.5. The van der Waals surface area contributed by atoms with E-state index in [2.05, 4.69) is 10.2 Å². The van der Waals surface area contributed by atoms with E-state index < -0.39 is 0 Å². The lowest BCUT2D eigenvalue weighted by Gasteiger charge is -2.26. The fourth-order valence-electron chi connectivity index (χ4n) is 2.37. The molecule has 2 aromatic rings. The average molecular weight is 273 g/mol. The van der Waals surface area contributed by atoms with Crippen LogP contribution in [0.3, 0.4) is 0 Å². The highest BCUT2D eigenvalue weighted by Gasteiger charge is 2.19. The molecule has 0 aliphatic carbocycles. The van der Waals surface area contributed by atoms with E-state index >= 15 is 0 Å². The maximum atomic E-state index is 12.2. The van der Waals surface area contributed by atoms with Crippen molar-refractivity contribution in [3.63, 3.8) is 0 Å². The predicted molar refractivity (Wildman–Crippen MR) is 73.5 cm³/mol. The molecule has 0 saturated carbocycles. The number of carbonyl (C=O) groups excluding carboxylic acids is 1. The van der Waals surface area contributed by atoms with Gasteiger partial charge in [-0.25, -0.2) is 5.10 Å². The van der Waals surface area contributed by atoms with Crippen molar-refractivity contribution in [1.82, 2.24) is 15.1 Å². The fourth-order valence-corrected chi connectivity index (χ4v) is 2.37. The van der Waals surface area contributed by atoms with Crippen LogP contribution in [0.2, 0.25) is 0 Å². The number of hydrogen-bond acceptors (Lipinski definition) is 4. The predicted octanol–water partition coefficient (Wildman–Crippen LogP) is 0.324. The third kappa shape index (κ3) is 2.42. The van der Waals surface area contributed by atoms with Crippen molar-refractivity contribution in [3.8, 4) is 0 Å². The topological polar surface area (TPSA) is 75.3 Å². The molecule has 0 spiro atoms. The van der Waals surface area contributed by atoms with Crippen molar-refractivity contribution in [2.24, 2.45) is 0 Å². The van der Waals surface area contributed by atoms with E-state index in [0.29, 0.717) is 37.4 Å². The first-order valence-corrected chi connectivity index (χ1v) is 6.57. The lowest BCUT2D eigenvalue weighted by Crippen LogP contribution is -2.41. The van der Waals surface area contributed by atoms with Crippen molar-refractivity contribution >= 4 is 16.7 Å². The van der Waals surface area contributed by atoms with E-state index in [4.69, 9.17) is 4.74 Å². The summed E-state index contributed by atoms with van der Waals surface area (Å²) in [4.78, 5) is 25.7. The van der Waals surface area contributed by atoms with Crippen molar-refractivity contribution in [3.05, 3.63) is 40.3 Å². The molecule has 3 rings (SSSR count).